The third-order valence-corrected chi connectivity index (χ3v) is 3.82. The minimum absolute atomic E-state index is 0.249. The van der Waals surface area contributed by atoms with Gasteiger partial charge in [0.15, 0.2) is 0 Å². The van der Waals surface area contributed by atoms with E-state index in [1.165, 1.54) is 5.56 Å². The largest absolute Gasteiger partial charge is 0.507 e. The molecular formula is C18H19N3O. The molecule has 0 radical (unpaired) electrons. The Morgan fingerprint density at radius 3 is 2.59 bits per heavy atom. The highest BCUT2D eigenvalue weighted by atomic mass is 16.3. The van der Waals surface area contributed by atoms with E-state index < -0.39 is 0 Å². The Morgan fingerprint density at radius 1 is 1.09 bits per heavy atom. The van der Waals surface area contributed by atoms with E-state index in [-0.39, 0.29) is 5.75 Å². The van der Waals surface area contributed by atoms with E-state index in [4.69, 9.17) is 5.41 Å². The number of phenolic OH excluding ortho intramolecular Hbond substituents is 1. The predicted molar refractivity (Wildman–Crippen MR) is 88.5 cm³/mol. The molecule has 2 N–H and O–H groups in total. The smallest absolute Gasteiger partial charge is 0.124 e. The number of amidine groups is 1. The number of nitrogens with one attached hydrogen (secondary N) is 1. The van der Waals surface area contributed by atoms with Crippen molar-refractivity contribution in [3.05, 3.63) is 65.7 Å². The predicted octanol–water partition coefficient (Wildman–Crippen LogP) is 3.41. The van der Waals surface area contributed by atoms with Crippen LogP contribution in [0.25, 0.3) is 0 Å². The van der Waals surface area contributed by atoms with Gasteiger partial charge in [-0.1, -0.05) is 42.5 Å². The minimum Gasteiger partial charge on any atom is -0.507 e. The van der Waals surface area contributed by atoms with Crippen molar-refractivity contribution < 1.29 is 5.11 Å². The molecule has 0 spiro atoms. The highest BCUT2D eigenvalue weighted by molar-refractivity contribution is 6.04. The summed E-state index contributed by atoms with van der Waals surface area (Å²) in [6.07, 6.45) is 2.27. The molecule has 0 fully saturated rings. The summed E-state index contributed by atoms with van der Waals surface area (Å²) in [4.78, 5) is 0. The zero-order valence-corrected chi connectivity index (χ0v) is 12.4. The number of aromatic hydroxyl groups is 1. The number of hydrogen-bond acceptors (Lipinski definition) is 3. The summed E-state index contributed by atoms with van der Waals surface area (Å²) >= 11 is 0. The molecular weight excluding hydrogens is 274 g/mol. The number of para-hydroxylation sites is 1. The van der Waals surface area contributed by atoms with Gasteiger partial charge in [-0.3, -0.25) is 10.4 Å². The summed E-state index contributed by atoms with van der Waals surface area (Å²) in [5.74, 6) is 0.771. The third-order valence-electron chi connectivity index (χ3n) is 3.82. The maximum atomic E-state index is 9.89. The van der Waals surface area contributed by atoms with Crippen LogP contribution in [0.5, 0.6) is 5.75 Å². The molecule has 0 saturated carbocycles. The Morgan fingerprint density at radius 2 is 1.82 bits per heavy atom. The summed E-state index contributed by atoms with van der Waals surface area (Å²) in [5.41, 5.74) is 2.85. The van der Waals surface area contributed by atoms with Gasteiger partial charge in [-0.15, -0.1) is 0 Å². The van der Waals surface area contributed by atoms with Crippen LogP contribution in [-0.2, 0) is 6.42 Å². The van der Waals surface area contributed by atoms with E-state index in [0.717, 1.165) is 24.1 Å². The summed E-state index contributed by atoms with van der Waals surface area (Å²) in [6, 6.07) is 17.4. The molecule has 1 aliphatic rings. The molecule has 0 saturated heterocycles. The zero-order chi connectivity index (χ0) is 15.4. The van der Waals surface area contributed by atoms with Gasteiger partial charge in [0.2, 0.25) is 0 Å². The molecule has 3 rings (SSSR count). The summed E-state index contributed by atoms with van der Waals surface area (Å²) in [5, 5.41) is 24.3. The van der Waals surface area contributed by atoms with E-state index in [1.807, 2.05) is 30.3 Å². The van der Waals surface area contributed by atoms with Crippen LogP contribution in [0.3, 0.4) is 0 Å². The maximum absolute atomic E-state index is 9.89. The summed E-state index contributed by atoms with van der Waals surface area (Å²) < 4.78 is 0. The van der Waals surface area contributed by atoms with Crippen LogP contribution < -0.4 is 0 Å². The molecule has 0 amide bonds. The van der Waals surface area contributed by atoms with Crippen LogP contribution in [0.1, 0.15) is 24.0 Å². The lowest BCUT2D eigenvalue weighted by molar-refractivity contribution is 0.472. The molecule has 0 aliphatic carbocycles. The summed E-state index contributed by atoms with van der Waals surface area (Å²) in [7, 11) is 0. The van der Waals surface area contributed by atoms with Gasteiger partial charge in [-0.25, -0.2) is 0 Å². The van der Waals surface area contributed by atoms with Gasteiger partial charge in [0.25, 0.3) is 0 Å². The number of aryl methyl sites for hydroxylation is 1. The molecule has 4 heteroatoms. The van der Waals surface area contributed by atoms with Gasteiger partial charge < -0.3 is 5.11 Å². The van der Waals surface area contributed by atoms with Crippen LogP contribution in [0, 0.1) is 5.41 Å². The molecule has 0 aromatic heterocycles. The highest BCUT2D eigenvalue weighted by Gasteiger charge is 2.20. The fraction of sp³-hybridized carbons (Fsp3) is 0.222. The van der Waals surface area contributed by atoms with Crippen LogP contribution in [-0.4, -0.2) is 28.2 Å². The van der Waals surface area contributed by atoms with E-state index in [0.29, 0.717) is 18.8 Å². The number of rotatable bonds is 4. The van der Waals surface area contributed by atoms with Gasteiger partial charge in [-0.2, -0.15) is 5.10 Å². The molecule has 1 aliphatic heterocycles. The van der Waals surface area contributed by atoms with Gasteiger partial charge in [0.05, 0.1) is 5.71 Å². The van der Waals surface area contributed by atoms with Crippen molar-refractivity contribution in [2.75, 3.05) is 6.54 Å². The van der Waals surface area contributed by atoms with Crippen molar-refractivity contribution >= 4 is 11.5 Å². The lowest BCUT2D eigenvalue weighted by atomic mass is 10.1. The average molecular weight is 293 g/mol. The third kappa shape index (κ3) is 3.17. The molecule has 1 heterocycles. The standard InChI is InChI=1S/C18H19N3O/c19-18(11-10-14-6-2-1-3-7-14)21-13-12-16(20-21)15-8-4-5-9-17(15)22/h1-9,19,22H,10-13H2. The Kier molecular flexibility index (Phi) is 4.19. The molecule has 2 aromatic rings. The number of phenols is 1. The van der Waals surface area contributed by atoms with E-state index in [1.54, 1.807) is 17.1 Å². The topological polar surface area (TPSA) is 59.7 Å². The minimum atomic E-state index is 0.249. The molecule has 4 nitrogen and oxygen atoms in total. The quantitative estimate of drug-likeness (QED) is 0.670. The Labute approximate surface area is 130 Å². The van der Waals surface area contributed by atoms with Gasteiger partial charge in [-0.05, 0) is 24.1 Å². The first kappa shape index (κ1) is 14.3. The van der Waals surface area contributed by atoms with Crippen LogP contribution in [0.15, 0.2) is 59.7 Å². The second kappa shape index (κ2) is 6.43. The van der Waals surface area contributed by atoms with E-state index in [9.17, 15) is 5.11 Å². The zero-order valence-electron chi connectivity index (χ0n) is 12.4. The van der Waals surface area contributed by atoms with Crippen LogP contribution in [0.2, 0.25) is 0 Å². The molecule has 2 aromatic carbocycles. The van der Waals surface area contributed by atoms with Crippen LogP contribution >= 0.6 is 0 Å². The van der Waals surface area contributed by atoms with Gasteiger partial charge >= 0.3 is 0 Å². The van der Waals surface area contributed by atoms with Crippen molar-refractivity contribution in [3.63, 3.8) is 0 Å². The number of hydrogen-bond donors (Lipinski definition) is 2. The molecule has 112 valence electrons. The Bertz CT molecular complexity index is 694. The van der Waals surface area contributed by atoms with E-state index in [2.05, 4.69) is 17.2 Å². The lowest BCUT2D eigenvalue weighted by Crippen LogP contribution is -2.22. The molecule has 0 bridgehead atoms. The highest BCUT2D eigenvalue weighted by Crippen LogP contribution is 2.22. The van der Waals surface area contributed by atoms with Crippen molar-refractivity contribution in [1.82, 2.24) is 5.01 Å². The SMILES string of the molecule is N=C(CCc1ccccc1)N1CCC(c2ccccc2O)=N1. The summed E-state index contributed by atoms with van der Waals surface area (Å²) in [6.45, 7) is 0.706. The molecule has 0 atom stereocenters. The van der Waals surface area contributed by atoms with Crippen molar-refractivity contribution in [1.29, 1.82) is 5.41 Å². The number of nitrogens with zero attached hydrogens (tertiary/aromatic N) is 2. The Balaban J connectivity index is 1.64. The van der Waals surface area contributed by atoms with E-state index >= 15 is 0 Å². The average Bonchev–Trinajstić information content (AvgIpc) is 3.04. The number of hydrazone groups is 1. The fourth-order valence-corrected chi connectivity index (χ4v) is 2.60. The second-order valence-electron chi connectivity index (χ2n) is 5.37. The van der Waals surface area contributed by atoms with Crippen molar-refractivity contribution in [3.8, 4) is 5.75 Å². The first-order valence-corrected chi connectivity index (χ1v) is 7.49. The second-order valence-corrected chi connectivity index (χ2v) is 5.37. The normalized spacial score (nSPS) is 14.0. The number of benzene rings is 2. The monoisotopic (exact) mass is 293 g/mol. The Hall–Kier alpha value is -2.62. The fourth-order valence-electron chi connectivity index (χ4n) is 2.60. The first-order valence-electron chi connectivity index (χ1n) is 7.49. The first-order chi connectivity index (χ1) is 10.7. The molecule has 0 unspecified atom stereocenters. The maximum Gasteiger partial charge on any atom is 0.124 e. The lowest BCUT2D eigenvalue weighted by Gasteiger charge is -2.14. The van der Waals surface area contributed by atoms with Crippen molar-refractivity contribution in [2.24, 2.45) is 5.10 Å². The molecule has 22 heavy (non-hydrogen) atoms. The van der Waals surface area contributed by atoms with Gasteiger partial charge in [0, 0.05) is 24.9 Å². The van der Waals surface area contributed by atoms with Crippen LogP contribution in [0.4, 0.5) is 0 Å². The van der Waals surface area contributed by atoms with Gasteiger partial charge in [0.1, 0.15) is 11.6 Å². The van der Waals surface area contributed by atoms with Crippen molar-refractivity contribution in [2.45, 2.75) is 19.3 Å².